The van der Waals surface area contributed by atoms with Gasteiger partial charge < -0.3 is 5.73 Å². The minimum absolute atomic E-state index is 0.0812. The van der Waals surface area contributed by atoms with E-state index in [1.165, 1.54) is 30.6 Å². The highest BCUT2D eigenvalue weighted by Crippen LogP contribution is 2.33. The highest BCUT2D eigenvalue weighted by molar-refractivity contribution is 7.91. The molecule has 126 valence electrons. The molecule has 1 heterocycles. The predicted molar refractivity (Wildman–Crippen MR) is 88.8 cm³/mol. The highest BCUT2D eigenvalue weighted by atomic mass is 32.2. The van der Waals surface area contributed by atoms with Crippen LogP contribution in [0.2, 0.25) is 0 Å². The third-order valence-electron chi connectivity index (χ3n) is 3.66. The van der Waals surface area contributed by atoms with Crippen molar-refractivity contribution in [3.05, 3.63) is 70.5 Å². The molecule has 2 N–H and O–H groups in total. The molecule has 0 fully saturated rings. The Morgan fingerprint density at radius 1 is 1.12 bits per heavy atom. The summed E-state index contributed by atoms with van der Waals surface area (Å²) >= 11 is 0. The molecular weight excluding hydrogens is 346 g/mol. The number of nitro benzene ring substituents is 1. The summed E-state index contributed by atoms with van der Waals surface area (Å²) in [4.78, 5) is 25.0. The van der Waals surface area contributed by atoms with Gasteiger partial charge in [0.1, 0.15) is 4.90 Å². The van der Waals surface area contributed by atoms with Crippen LogP contribution in [0.5, 0.6) is 0 Å². The van der Waals surface area contributed by atoms with Crippen LogP contribution in [0.1, 0.15) is 10.4 Å². The third-order valence-corrected chi connectivity index (χ3v) is 5.52. The Bertz CT molecular complexity index is 1120. The van der Waals surface area contributed by atoms with Crippen LogP contribution in [-0.2, 0) is 9.84 Å². The second-order valence-electron chi connectivity index (χ2n) is 5.16. The lowest BCUT2D eigenvalue weighted by Crippen LogP contribution is -2.13. The first-order valence-corrected chi connectivity index (χ1v) is 8.47. The van der Waals surface area contributed by atoms with Crippen molar-refractivity contribution in [1.29, 1.82) is 0 Å². The molecule has 0 aliphatic rings. The summed E-state index contributed by atoms with van der Waals surface area (Å²) in [6.45, 7) is 0. The highest BCUT2D eigenvalue weighted by Gasteiger charge is 2.29. The standard InChI is InChI=1S/C16H11N3O5S/c17-16(20)10-4-5-15(13(8-10)19(21)22)25(23,24)14-3-1-2-11-9-18-7-6-12(11)14/h1-9H,(H2,17,20). The number of nitrogens with zero attached hydrogens (tertiary/aromatic N) is 2. The number of carbonyl (C=O) groups is 1. The van der Waals surface area contributed by atoms with Crippen molar-refractivity contribution >= 4 is 32.2 Å². The number of aromatic nitrogens is 1. The van der Waals surface area contributed by atoms with Gasteiger partial charge in [0.2, 0.25) is 15.7 Å². The number of carbonyl (C=O) groups excluding carboxylic acids is 1. The van der Waals surface area contributed by atoms with Crippen molar-refractivity contribution in [1.82, 2.24) is 4.98 Å². The second kappa shape index (κ2) is 5.95. The van der Waals surface area contributed by atoms with Gasteiger partial charge in [0.25, 0.3) is 5.69 Å². The number of sulfone groups is 1. The molecule has 0 aliphatic heterocycles. The molecule has 0 spiro atoms. The van der Waals surface area contributed by atoms with Gasteiger partial charge in [0, 0.05) is 34.8 Å². The summed E-state index contributed by atoms with van der Waals surface area (Å²) in [6.07, 6.45) is 2.94. The van der Waals surface area contributed by atoms with Crippen LogP contribution in [0.15, 0.2) is 64.6 Å². The molecule has 25 heavy (non-hydrogen) atoms. The third kappa shape index (κ3) is 2.81. The number of rotatable bonds is 4. The van der Waals surface area contributed by atoms with Crippen LogP contribution in [0.3, 0.4) is 0 Å². The maximum absolute atomic E-state index is 13.0. The number of nitrogens with two attached hydrogens (primary N) is 1. The average molecular weight is 357 g/mol. The fourth-order valence-corrected chi connectivity index (χ4v) is 4.11. The van der Waals surface area contributed by atoms with Crippen LogP contribution < -0.4 is 5.73 Å². The van der Waals surface area contributed by atoms with Crippen LogP contribution >= 0.6 is 0 Å². The zero-order valence-electron chi connectivity index (χ0n) is 12.6. The molecule has 1 amide bonds. The smallest absolute Gasteiger partial charge is 0.289 e. The Hall–Kier alpha value is -3.33. The quantitative estimate of drug-likeness (QED) is 0.561. The molecule has 0 bridgehead atoms. The van der Waals surface area contributed by atoms with E-state index in [1.807, 2.05) is 0 Å². The Morgan fingerprint density at radius 3 is 2.56 bits per heavy atom. The van der Waals surface area contributed by atoms with Gasteiger partial charge >= 0.3 is 0 Å². The molecule has 3 rings (SSSR count). The summed E-state index contributed by atoms with van der Waals surface area (Å²) in [5, 5.41) is 12.3. The lowest BCUT2D eigenvalue weighted by atomic mass is 10.2. The molecule has 0 radical (unpaired) electrons. The van der Waals surface area contributed by atoms with Crippen molar-refractivity contribution < 1.29 is 18.1 Å². The van der Waals surface area contributed by atoms with E-state index in [2.05, 4.69) is 4.98 Å². The van der Waals surface area contributed by atoms with E-state index in [9.17, 15) is 23.3 Å². The monoisotopic (exact) mass is 357 g/mol. The first-order valence-electron chi connectivity index (χ1n) is 6.98. The zero-order chi connectivity index (χ0) is 18.2. The molecule has 3 aromatic rings. The van der Waals surface area contributed by atoms with Crippen molar-refractivity contribution in [3.8, 4) is 0 Å². The van der Waals surface area contributed by atoms with Crippen LogP contribution in [0.4, 0.5) is 5.69 Å². The van der Waals surface area contributed by atoms with Crippen LogP contribution in [0.25, 0.3) is 10.8 Å². The normalized spacial score (nSPS) is 11.4. The molecule has 9 heteroatoms. The van der Waals surface area contributed by atoms with Gasteiger partial charge in [-0.3, -0.25) is 19.9 Å². The van der Waals surface area contributed by atoms with E-state index in [1.54, 1.807) is 6.07 Å². The lowest BCUT2D eigenvalue weighted by molar-refractivity contribution is -0.387. The number of fused-ring (bicyclic) bond motifs is 1. The predicted octanol–water partition coefficient (Wildman–Crippen LogP) is 2.07. The SMILES string of the molecule is NC(=O)c1ccc(S(=O)(=O)c2cccc3cnccc23)c([N+](=O)[O-])c1. The molecule has 0 aliphatic carbocycles. The van der Waals surface area contributed by atoms with E-state index < -0.39 is 31.3 Å². The summed E-state index contributed by atoms with van der Waals surface area (Å²) < 4.78 is 26.0. The maximum atomic E-state index is 13.0. The molecule has 0 atom stereocenters. The largest absolute Gasteiger partial charge is 0.366 e. The van der Waals surface area contributed by atoms with Gasteiger partial charge in [0.05, 0.1) is 9.82 Å². The first kappa shape index (κ1) is 16.5. The van der Waals surface area contributed by atoms with Crippen molar-refractivity contribution in [2.45, 2.75) is 9.79 Å². The van der Waals surface area contributed by atoms with Gasteiger partial charge in [-0.05, 0) is 24.3 Å². The summed E-state index contributed by atoms with van der Waals surface area (Å²) in [6, 6.07) is 9.13. The zero-order valence-corrected chi connectivity index (χ0v) is 13.4. The van der Waals surface area contributed by atoms with E-state index in [0.29, 0.717) is 10.8 Å². The van der Waals surface area contributed by atoms with E-state index in [-0.39, 0.29) is 10.5 Å². The van der Waals surface area contributed by atoms with E-state index >= 15 is 0 Å². The Labute approximate surface area is 142 Å². The molecule has 2 aromatic carbocycles. The summed E-state index contributed by atoms with van der Waals surface area (Å²) in [5.74, 6) is -0.886. The van der Waals surface area contributed by atoms with E-state index in [4.69, 9.17) is 5.73 Å². The Morgan fingerprint density at radius 2 is 1.88 bits per heavy atom. The molecular formula is C16H11N3O5S. The lowest BCUT2D eigenvalue weighted by Gasteiger charge is -2.09. The van der Waals surface area contributed by atoms with Gasteiger partial charge in [0.15, 0.2) is 0 Å². The number of pyridine rings is 1. The molecule has 1 aromatic heterocycles. The summed E-state index contributed by atoms with van der Waals surface area (Å²) in [7, 11) is -4.21. The van der Waals surface area contributed by atoms with Gasteiger partial charge in [-0.1, -0.05) is 12.1 Å². The fraction of sp³-hybridized carbons (Fsp3) is 0. The number of primary amides is 1. The minimum atomic E-state index is -4.21. The number of hydrogen-bond acceptors (Lipinski definition) is 6. The van der Waals surface area contributed by atoms with Crippen molar-refractivity contribution in [2.75, 3.05) is 0 Å². The average Bonchev–Trinajstić information content (AvgIpc) is 2.60. The van der Waals surface area contributed by atoms with Crippen LogP contribution in [0, 0.1) is 10.1 Å². The topological polar surface area (TPSA) is 133 Å². The number of nitro groups is 1. The Balaban J connectivity index is 2.31. The Kier molecular flexibility index (Phi) is 3.93. The van der Waals surface area contributed by atoms with Crippen molar-refractivity contribution in [2.24, 2.45) is 5.73 Å². The van der Waals surface area contributed by atoms with Gasteiger partial charge in [-0.2, -0.15) is 0 Å². The number of hydrogen-bond donors (Lipinski definition) is 1. The number of benzene rings is 2. The van der Waals surface area contributed by atoms with Crippen molar-refractivity contribution in [3.63, 3.8) is 0 Å². The summed E-state index contributed by atoms with van der Waals surface area (Å²) in [5.41, 5.74) is 4.26. The van der Waals surface area contributed by atoms with E-state index in [0.717, 1.165) is 18.2 Å². The molecule has 8 nitrogen and oxygen atoms in total. The first-order chi connectivity index (χ1) is 11.8. The second-order valence-corrected chi connectivity index (χ2v) is 7.05. The minimum Gasteiger partial charge on any atom is -0.366 e. The number of amides is 1. The molecule has 0 saturated carbocycles. The molecule has 0 unspecified atom stereocenters. The fourth-order valence-electron chi connectivity index (χ4n) is 2.49. The van der Waals surface area contributed by atoms with Gasteiger partial charge in [-0.25, -0.2) is 8.42 Å². The van der Waals surface area contributed by atoms with Gasteiger partial charge in [-0.15, -0.1) is 0 Å². The van der Waals surface area contributed by atoms with Crippen LogP contribution in [-0.4, -0.2) is 24.2 Å². The maximum Gasteiger partial charge on any atom is 0.289 e. The molecule has 0 saturated heterocycles.